The normalized spacial score (nSPS) is 10.9. The van der Waals surface area contributed by atoms with Crippen molar-refractivity contribution in [3.05, 3.63) is 24.3 Å². The van der Waals surface area contributed by atoms with E-state index < -0.39 is 0 Å². The van der Waals surface area contributed by atoms with Crippen molar-refractivity contribution in [1.29, 1.82) is 0 Å². The zero-order valence-corrected chi connectivity index (χ0v) is 11.5. The summed E-state index contributed by atoms with van der Waals surface area (Å²) in [4.78, 5) is 13.0. The standard InChI is InChI=1S/C13H17N3O4/c1-16(7-3-6-12(17)18-2)9-11-14-15-13(20-11)10-5-4-8-19-10/h4-5,8H,3,6-7,9H2,1-2H3. The van der Waals surface area contributed by atoms with Gasteiger partial charge in [-0.1, -0.05) is 0 Å². The number of hydrogen-bond donors (Lipinski definition) is 0. The highest BCUT2D eigenvalue weighted by atomic mass is 16.5. The summed E-state index contributed by atoms with van der Waals surface area (Å²) in [6.07, 6.45) is 2.68. The molecule has 0 aliphatic carbocycles. The summed E-state index contributed by atoms with van der Waals surface area (Å²) in [5, 5.41) is 7.88. The fraction of sp³-hybridized carbons (Fsp3) is 0.462. The quantitative estimate of drug-likeness (QED) is 0.713. The van der Waals surface area contributed by atoms with Gasteiger partial charge in [0.15, 0.2) is 5.76 Å². The summed E-state index contributed by atoms with van der Waals surface area (Å²) in [6.45, 7) is 1.27. The largest absolute Gasteiger partial charge is 0.469 e. The Morgan fingerprint density at radius 2 is 2.30 bits per heavy atom. The van der Waals surface area contributed by atoms with Gasteiger partial charge in [-0.15, -0.1) is 10.2 Å². The molecule has 0 aliphatic heterocycles. The third kappa shape index (κ3) is 3.92. The van der Waals surface area contributed by atoms with E-state index in [0.717, 1.165) is 13.0 Å². The number of aromatic nitrogens is 2. The van der Waals surface area contributed by atoms with E-state index in [1.165, 1.54) is 7.11 Å². The summed E-state index contributed by atoms with van der Waals surface area (Å²) < 4.78 is 15.3. The van der Waals surface area contributed by atoms with Gasteiger partial charge in [0.25, 0.3) is 5.89 Å². The van der Waals surface area contributed by atoms with Crippen LogP contribution in [0.5, 0.6) is 0 Å². The van der Waals surface area contributed by atoms with E-state index in [-0.39, 0.29) is 5.97 Å². The second-order valence-corrected chi connectivity index (χ2v) is 4.40. The molecule has 0 aliphatic rings. The number of methoxy groups -OCH3 is 1. The van der Waals surface area contributed by atoms with Gasteiger partial charge in [0.1, 0.15) is 0 Å². The van der Waals surface area contributed by atoms with Crippen LogP contribution in [-0.2, 0) is 16.1 Å². The zero-order valence-electron chi connectivity index (χ0n) is 11.5. The molecule has 0 unspecified atom stereocenters. The Morgan fingerprint density at radius 1 is 1.45 bits per heavy atom. The lowest BCUT2D eigenvalue weighted by atomic mass is 10.3. The van der Waals surface area contributed by atoms with E-state index in [2.05, 4.69) is 14.9 Å². The molecule has 20 heavy (non-hydrogen) atoms. The Labute approximate surface area is 116 Å². The van der Waals surface area contributed by atoms with Crippen LogP contribution in [0.15, 0.2) is 27.2 Å². The Morgan fingerprint density at radius 3 is 3.00 bits per heavy atom. The van der Waals surface area contributed by atoms with Crippen LogP contribution in [0.1, 0.15) is 18.7 Å². The van der Waals surface area contributed by atoms with Crippen molar-refractivity contribution in [2.45, 2.75) is 19.4 Å². The van der Waals surface area contributed by atoms with Crippen LogP contribution in [-0.4, -0.2) is 41.8 Å². The van der Waals surface area contributed by atoms with Crippen LogP contribution in [0.4, 0.5) is 0 Å². The smallest absolute Gasteiger partial charge is 0.305 e. The third-order valence-electron chi connectivity index (χ3n) is 2.75. The molecule has 0 N–H and O–H groups in total. The first-order chi connectivity index (χ1) is 9.69. The van der Waals surface area contributed by atoms with E-state index in [4.69, 9.17) is 8.83 Å². The van der Waals surface area contributed by atoms with Crippen LogP contribution in [0.2, 0.25) is 0 Å². The van der Waals surface area contributed by atoms with Crippen molar-refractivity contribution in [2.75, 3.05) is 20.7 Å². The minimum Gasteiger partial charge on any atom is -0.469 e. The van der Waals surface area contributed by atoms with Gasteiger partial charge in [0, 0.05) is 6.42 Å². The molecule has 0 bridgehead atoms. The summed E-state index contributed by atoms with van der Waals surface area (Å²) in [7, 11) is 3.31. The molecule has 0 radical (unpaired) electrons. The summed E-state index contributed by atoms with van der Waals surface area (Å²) in [5.74, 6) is 1.23. The van der Waals surface area contributed by atoms with Crippen LogP contribution in [0.3, 0.4) is 0 Å². The SMILES string of the molecule is COC(=O)CCCN(C)Cc1nnc(-c2ccco2)o1. The van der Waals surface area contributed by atoms with Crippen molar-refractivity contribution >= 4 is 5.97 Å². The average molecular weight is 279 g/mol. The number of esters is 1. The van der Waals surface area contributed by atoms with Crippen molar-refractivity contribution < 1.29 is 18.4 Å². The molecular weight excluding hydrogens is 262 g/mol. The lowest BCUT2D eigenvalue weighted by Gasteiger charge is -2.13. The first kappa shape index (κ1) is 14.3. The predicted molar refractivity (Wildman–Crippen MR) is 69.6 cm³/mol. The van der Waals surface area contributed by atoms with Crippen LogP contribution in [0.25, 0.3) is 11.7 Å². The molecule has 0 fully saturated rings. The van der Waals surface area contributed by atoms with Gasteiger partial charge in [-0.3, -0.25) is 9.69 Å². The molecule has 0 saturated carbocycles. The van der Waals surface area contributed by atoms with Crippen molar-refractivity contribution in [1.82, 2.24) is 15.1 Å². The lowest BCUT2D eigenvalue weighted by molar-refractivity contribution is -0.140. The van der Waals surface area contributed by atoms with Gasteiger partial charge in [-0.25, -0.2) is 0 Å². The Kier molecular flexibility index (Phi) is 4.89. The molecule has 2 aromatic heterocycles. The minimum atomic E-state index is -0.198. The number of hydrogen-bond acceptors (Lipinski definition) is 7. The van der Waals surface area contributed by atoms with E-state index in [1.54, 1.807) is 18.4 Å². The van der Waals surface area contributed by atoms with Crippen LogP contribution in [0, 0.1) is 0 Å². The highest BCUT2D eigenvalue weighted by Crippen LogP contribution is 2.18. The first-order valence-corrected chi connectivity index (χ1v) is 6.30. The highest BCUT2D eigenvalue weighted by Gasteiger charge is 2.12. The Balaban J connectivity index is 1.80. The highest BCUT2D eigenvalue weighted by molar-refractivity contribution is 5.69. The van der Waals surface area contributed by atoms with E-state index in [9.17, 15) is 4.79 Å². The number of carbonyl (C=O) groups excluding carboxylic acids is 1. The topological polar surface area (TPSA) is 81.6 Å². The molecule has 0 atom stereocenters. The summed E-state index contributed by atoms with van der Waals surface area (Å²) in [6, 6.07) is 3.52. The fourth-order valence-electron chi connectivity index (χ4n) is 1.72. The van der Waals surface area contributed by atoms with Gasteiger partial charge >= 0.3 is 5.97 Å². The van der Waals surface area contributed by atoms with Gasteiger partial charge < -0.3 is 13.6 Å². The van der Waals surface area contributed by atoms with Gasteiger partial charge in [-0.05, 0) is 32.1 Å². The van der Waals surface area contributed by atoms with Crippen LogP contribution < -0.4 is 0 Å². The second-order valence-electron chi connectivity index (χ2n) is 4.40. The van der Waals surface area contributed by atoms with Gasteiger partial charge in [-0.2, -0.15) is 0 Å². The molecule has 0 amide bonds. The maximum absolute atomic E-state index is 11.0. The van der Waals surface area contributed by atoms with Gasteiger partial charge in [0.05, 0.1) is 19.9 Å². The second kappa shape index (κ2) is 6.85. The van der Waals surface area contributed by atoms with Crippen molar-refractivity contribution in [2.24, 2.45) is 0 Å². The maximum atomic E-state index is 11.0. The first-order valence-electron chi connectivity index (χ1n) is 6.30. The molecule has 0 saturated heterocycles. The molecule has 0 spiro atoms. The van der Waals surface area contributed by atoms with Crippen molar-refractivity contribution in [3.8, 4) is 11.7 Å². The molecule has 2 aromatic rings. The molecule has 7 nitrogen and oxygen atoms in total. The molecule has 0 aromatic carbocycles. The number of furan rings is 1. The van der Waals surface area contributed by atoms with E-state index >= 15 is 0 Å². The average Bonchev–Trinajstić information content (AvgIpc) is 3.08. The van der Waals surface area contributed by atoms with Crippen LogP contribution >= 0.6 is 0 Å². The number of rotatable bonds is 7. The van der Waals surface area contributed by atoms with Crippen molar-refractivity contribution in [3.63, 3.8) is 0 Å². The number of carbonyl (C=O) groups is 1. The third-order valence-corrected chi connectivity index (χ3v) is 2.75. The van der Waals surface area contributed by atoms with E-state index in [1.807, 2.05) is 11.9 Å². The lowest BCUT2D eigenvalue weighted by Crippen LogP contribution is -2.20. The summed E-state index contributed by atoms with van der Waals surface area (Å²) >= 11 is 0. The predicted octanol–water partition coefficient (Wildman–Crippen LogP) is 1.71. The molecule has 7 heteroatoms. The zero-order chi connectivity index (χ0) is 14.4. The Bertz CT molecular complexity index is 536. The molecule has 2 heterocycles. The summed E-state index contributed by atoms with van der Waals surface area (Å²) in [5.41, 5.74) is 0. The maximum Gasteiger partial charge on any atom is 0.305 e. The van der Waals surface area contributed by atoms with Gasteiger partial charge in [0.2, 0.25) is 5.89 Å². The number of ether oxygens (including phenoxy) is 1. The fourth-order valence-corrected chi connectivity index (χ4v) is 1.72. The Hall–Kier alpha value is -2.15. The number of nitrogens with zero attached hydrogens (tertiary/aromatic N) is 3. The molecular formula is C13H17N3O4. The molecule has 108 valence electrons. The minimum absolute atomic E-state index is 0.198. The van der Waals surface area contributed by atoms with E-state index in [0.29, 0.717) is 30.5 Å². The molecule has 2 rings (SSSR count). The monoisotopic (exact) mass is 279 g/mol.